The molecule has 1 N–H and O–H groups in total. The zero-order chi connectivity index (χ0) is 20.8. The van der Waals surface area contributed by atoms with Gasteiger partial charge in [-0.15, -0.1) is 0 Å². The Balaban J connectivity index is 1.90. The highest BCUT2D eigenvalue weighted by atomic mass is 35.5. The van der Waals surface area contributed by atoms with Crippen LogP contribution in [0.15, 0.2) is 72.3 Å². The summed E-state index contributed by atoms with van der Waals surface area (Å²) in [4.78, 5) is 12.5. The van der Waals surface area contributed by atoms with Crippen LogP contribution in [0.1, 0.15) is 16.7 Å². The van der Waals surface area contributed by atoms with Gasteiger partial charge in [0.15, 0.2) is 0 Å². The molecule has 0 atom stereocenters. The third-order valence-corrected chi connectivity index (χ3v) is 4.39. The zero-order valence-corrected chi connectivity index (χ0v) is 15.9. The predicted molar refractivity (Wildman–Crippen MR) is 109 cm³/mol. The summed E-state index contributed by atoms with van der Waals surface area (Å²) >= 11 is 6.09. The van der Waals surface area contributed by atoms with Crippen LogP contribution in [0, 0.1) is 23.0 Å². The second-order valence-electron chi connectivity index (χ2n) is 6.28. The summed E-state index contributed by atoms with van der Waals surface area (Å²) in [5, 5.41) is 12.4. The molecule has 0 unspecified atom stereocenters. The molecule has 0 aliphatic heterocycles. The highest BCUT2D eigenvalue weighted by molar-refractivity contribution is 6.30. The fraction of sp³-hybridized carbons (Fsp3) is 0.0435. The van der Waals surface area contributed by atoms with Gasteiger partial charge in [-0.2, -0.15) is 5.26 Å². The van der Waals surface area contributed by atoms with Gasteiger partial charge in [0.1, 0.15) is 23.3 Å². The molecule has 0 spiro atoms. The summed E-state index contributed by atoms with van der Waals surface area (Å²) in [7, 11) is 0. The lowest BCUT2D eigenvalue weighted by molar-refractivity contribution is -0.112. The van der Waals surface area contributed by atoms with E-state index in [1.54, 1.807) is 30.3 Å². The number of hydrogen-bond donors (Lipinski definition) is 1. The van der Waals surface area contributed by atoms with Crippen molar-refractivity contribution in [1.82, 2.24) is 0 Å². The van der Waals surface area contributed by atoms with E-state index in [1.165, 1.54) is 42.5 Å². The Labute approximate surface area is 171 Å². The summed E-state index contributed by atoms with van der Waals surface area (Å²) in [5.74, 6) is -1.40. The highest BCUT2D eigenvalue weighted by Gasteiger charge is 2.12. The summed E-state index contributed by atoms with van der Waals surface area (Å²) < 4.78 is 26.5. The number of amides is 1. The molecule has 3 aromatic carbocycles. The van der Waals surface area contributed by atoms with E-state index in [2.05, 4.69) is 5.32 Å². The molecule has 144 valence electrons. The van der Waals surface area contributed by atoms with E-state index in [4.69, 9.17) is 11.6 Å². The van der Waals surface area contributed by atoms with Gasteiger partial charge in [0, 0.05) is 10.7 Å². The van der Waals surface area contributed by atoms with Gasteiger partial charge in [-0.05, 0) is 77.7 Å². The monoisotopic (exact) mass is 408 g/mol. The van der Waals surface area contributed by atoms with Crippen molar-refractivity contribution in [3.8, 4) is 6.07 Å². The minimum absolute atomic E-state index is 0.142. The van der Waals surface area contributed by atoms with Gasteiger partial charge in [0.05, 0.1) is 0 Å². The lowest BCUT2D eigenvalue weighted by Gasteiger charge is -2.09. The van der Waals surface area contributed by atoms with Crippen LogP contribution in [0.3, 0.4) is 0 Å². The normalized spacial score (nSPS) is 11.0. The minimum Gasteiger partial charge on any atom is -0.321 e. The molecular weight excluding hydrogens is 394 g/mol. The van der Waals surface area contributed by atoms with Gasteiger partial charge in [-0.25, -0.2) is 8.78 Å². The van der Waals surface area contributed by atoms with Gasteiger partial charge in [-0.1, -0.05) is 29.8 Å². The number of anilines is 1. The van der Waals surface area contributed by atoms with Crippen LogP contribution in [-0.4, -0.2) is 5.91 Å². The molecule has 0 saturated heterocycles. The summed E-state index contributed by atoms with van der Waals surface area (Å²) in [5.41, 5.74) is 2.33. The molecule has 1 amide bonds. The van der Waals surface area contributed by atoms with Crippen LogP contribution in [-0.2, 0) is 11.2 Å². The fourth-order valence-corrected chi connectivity index (χ4v) is 2.94. The molecule has 0 heterocycles. The van der Waals surface area contributed by atoms with E-state index < -0.39 is 11.7 Å². The first kappa shape index (κ1) is 20.2. The molecular formula is C23H15ClF2N2O. The maximum atomic E-state index is 13.5. The van der Waals surface area contributed by atoms with Crippen LogP contribution in [0.2, 0.25) is 5.02 Å². The Morgan fingerprint density at radius 2 is 1.79 bits per heavy atom. The maximum Gasteiger partial charge on any atom is 0.266 e. The number of nitriles is 1. The fourth-order valence-electron chi connectivity index (χ4n) is 2.76. The van der Waals surface area contributed by atoms with E-state index in [9.17, 15) is 18.8 Å². The van der Waals surface area contributed by atoms with Crippen molar-refractivity contribution in [2.75, 3.05) is 5.32 Å². The van der Waals surface area contributed by atoms with Gasteiger partial charge < -0.3 is 5.32 Å². The van der Waals surface area contributed by atoms with E-state index in [0.717, 1.165) is 11.1 Å². The Hall–Kier alpha value is -3.49. The Bertz CT molecular complexity index is 1120. The highest BCUT2D eigenvalue weighted by Crippen LogP contribution is 2.22. The first-order chi connectivity index (χ1) is 13.9. The second-order valence-corrected chi connectivity index (χ2v) is 6.72. The zero-order valence-electron chi connectivity index (χ0n) is 15.1. The van der Waals surface area contributed by atoms with E-state index >= 15 is 0 Å². The smallest absolute Gasteiger partial charge is 0.266 e. The molecule has 0 saturated carbocycles. The number of carbonyl (C=O) groups is 1. The molecule has 0 radical (unpaired) electrons. The van der Waals surface area contributed by atoms with Gasteiger partial charge in [-0.3, -0.25) is 4.79 Å². The average Bonchev–Trinajstić information content (AvgIpc) is 2.69. The van der Waals surface area contributed by atoms with Crippen molar-refractivity contribution >= 4 is 29.3 Å². The maximum absolute atomic E-state index is 13.5. The number of nitrogens with one attached hydrogen (secondary N) is 1. The van der Waals surface area contributed by atoms with Crippen molar-refractivity contribution in [3.05, 3.63) is 106 Å². The van der Waals surface area contributed by atoms with E-state index in [1.807, 2.05) is 6.07 Å². The average molecular weight is 409 g/mol. The lowest BCUT2D eigenvalue weighted by atomic mass is 9.98. The van der Waals surface area contributed by atoms with Crippen LogP contribution in [0.4, 0.5) is 14.5 Å². The summed E-state index contributed by atoms with van der Waals surface area (Å²) in [6, 6.07) is 18.4. The Kier molecular flexibility index (Phi) is 6.38. The molecule has 3 nitrogen and oxygen atoms in total. The number of benzene rings is 3. The molecule has 0 aliphatic carbocycles. The van der Waals surface area contributed by atoms with Crippen LogP contribution < -0.4 is 5.32 Å². The van der Waals surface area contributed by atoms with Crippen LogP contribution in [0.5, 0.6) is 0 Å². The third kappa shape index (κ3) is 5.50. The molecule has 6 heteroatoms. The number of nitrogens with zero attached hydrogens (tertiary/aromatic N) is 1. The molecule has 0 fully saturated rings. The number of halogens is 3. The van der Waals surface area contributed by atoms with Gasteiger partial charge in [0.2, 0.25) is 0 Å². The molecule has 29 heavy (non-hydrogen) atoms. The Morgan fingerprint density at radius 1 is 1.03 bits per heavy atom. The van der Waals surface area contributed by atoms with Gasteiger partial charge >= 0.3 is 0 Å². The topological polar surface area (TPSA) is 52.9 Å². The quantitative estimate of drug-likeness (QED) is 0.431. The van der Waals surface area contributed by atoms with Crippen molar-refractivity contribution in [1.29, 1.82) is 5.26 Å². The third-order valence-electron chi connectivity index (χ3n) is 4.16. The van der Waals surface area contributed by atoms with Crippen molar-refractivity contribution in [2.24, 2.45) is 0 Å². The predicted octanol–water partition coefficient (Wildman–Crippen LogP) is 5.75. The second kappa shape index (κ2) is 9.13. The van der Waals surface area contributed by atoms with E-state index in [-0.39, 0.29) is 11.4 Å². The Morgan fingerprint density at radius 3 is 2.48 bits per heavy atom. The van der Waals surface area contributed by atoms with Crippen molar-refractivity contribution in [3.63, 3.8) is 0 Å². The summed E-state index contributed by atoms with van der Waals surface area (Å²) in [6.45, 7) is 0. The number of carbonyl (C=O) groups excluding carboxylic acids is 1. The SMILES string of the molecule is N#C/C(=C\c1cc(Cl)ccc1Cc1cccc(F)c1)C(=O)Nc1ccc(F)cc1. The molecule has 3 aromatic rings. The van der Waals surface area contributed by atoms with Gasteiger partial charge in [0.25, 0.3) is 5.91 Å². The lowest BCUT2D eigenvalue weighted by Crippen LogP contribution is -2.13. The van der Waals surface area contributed by atoms with Crippen LogP contribution >= 0.6 is 11.6 Å². The standard InChI is InChI=1S/C23H15ClF2N2O/c24-19-5-4-16(10-15-2-1-3-21(26)11-15)17(13-19)12-18(14-27)23(29)28-22-8-6-20(25)7-9-22/h1-9,11-13H,10H2,(H,28,29)/b18-12+. The first-order valence-electron chi connectivity index (χ1n) is 8.66. The molecule has 3 rings (SSSR count). The number of rotatable bonds is 5. The van der Waals surface area contributed by atoms with Crippen LogP contribution in [0.25, 0.3) is 6.08 Å². The minimum atomic E-state index is -0.629. The molecule has 0 aliphatic rings. The van der Waals surface area contributed by atoms with E-state index in [0.29, 0.717) is 22.7 Å². The molecule has 0 bridgehead atoms. The largest absolute Gasteiger partial charge is 0.321 e. The summed E-state index contributed by atoms with van der Waals surface area (Å²) in [6.07, 6.45) is 1.83. The number of hydrogen-bond acceptors (Lipinski definition) is 2. The molecule has 0 aromatic heterocycles. The van der Waals surface area contributed by atoms with Crippen molar-refractivity contribution in [2.45, 2.75) is 6.42 Å². The first-order valence-corrected chi connectivity index (χ1v) is 9.04. The van der Waals surface area contributed by atoms with Crippen molar-refractivity contribution < 1.29 is 13.6 Å².